The molecule has 3 heteroatoms. The zero-order valence-corrected chi connectivity index (χ0v) is 10.6. The minimum atomic E-state index is -0.581. The topological polar surface area (TPSA) is 52.9 Å². The van der Waals surface area contributed by atoms with Crippen molar-refractivity contribution in [1.82, 2.24) is 5.32 Å². The van der Waals surface area contributed by atoms with Crippen LogP contribution in [0.15, 0.2) is 30.3 Å². The van der Waals surface area contributed by atoms with Crippen molar-refractivity contribution in [3.05, 3.63) is 35.9 Å². The molecule has 1 fully saturated rings. The lowest BCUT2D eigenvalue weighted by molar-refractivity contribution is -0.126. The monoisotopic (exact) mass is 242 g/mol. The molecule has 1 aromatic carbocycles. The average molecular weight is 242 g/mol. The van der Waals surface area contributed by atoms with E-state index in [0.29, 0.717) is 6.42 Å². The molecular weight excluding hydrogens is 224 g/mol. The molecule has 18 heavy (non-hydrogen) atoms. The first-order valence-electron chi connectivity index (χ1n) is 6.42. The molecule has 1 amide bonds. The number of amides is 1. The van der Waals surface area contributed by atoms with Crippen LogP contribution in [0.4, 0.5) is 0 Å². The molecule has 0 bridgehead atoms. The van der Waals surface area contributed by atoms with Crippen molar-refractivity contribution < 1.29 is 4.79 Å². The second-order valence-corrected chi connectivity index (χ2v) is 5.13. The highest BCUT2D eigenvalue weighted by Gasteiger charge is 2.39. The van der Waals surface area contributed by atoms with Gasteiger partial charge in [0.25, 0.3) is 0 Å². The highest BCUT2D eigenvalue weighted by molar-refractivity contribution is 5.80. The molecule has 0 saturated heterocycles. The van der Waals surface area contributed by atoms with Gasteiger partial charge in [-0.25, -0.2) is 0 Å². The third kappa shape index (κ3) is 2.70. The number of rotatable bonds is 4. The van der Waals surface area contributed by atoms with Crippen LogP contribution in [0.1, 0.15) is 31.7 Å². The summed E-state index contributed by atoms with van der Waals surface area (Å²) in [5.74, 6) is -0.113. The summed E-state index contributed by atoms with van der Waals surface area (Å²) in [7, 11) is 0. The number of nitriles is 1. The van der Waals surface area contributed by atoms with Gasteiger partial charge in [-0.2, -0.15) is 5.26 Å². The molecule has 0 heterocycles. The molecule has 0 radical (unpaired) electrons. The van der Waals surface area contributed by atoms with Crippen molar-refractivity contribution in [2.45, 2.75) is 38.1 Å². The molecule has 0 unspecified atom stereocenters. The molecule has 0 aliphatic heterocycles. The summed E-state index contributed by atoms with van der Waals surface area (Å²) in [4.78, 5) is 12.1. The third-order valence-corrected chi connectivity index (χ3v) is 3.62. The molecule has 2 rings (SSSR count). The minimum absolute atomic E-state index is 0.0138. The summed E-state index contributed by atoms with van der Waals surface area (Å²) in [6, 6.07) is 12.2. The van der Waals surface area contributed by atoms with Gasteiger partial charge in [-0.05, 0) is 31.2 Å². The Labute approximate surface area is 108 Å². The van der Waals surface area contributed by atoms with E-state index >= 15 is 0 Å². The largest absolute Gasteiger partial charge is 0.338 e. The number of hydrogen-bond acceptors (Lipinski definition) is 2. The third-order valence-electron chi connectivity index (χ3n) is 3.62. The van der Waals surface area contributed by atoms with Crippen molar-refractivity contribution >= 4 is 5.91 Å². The summed E-state index contributed by atoms with van der Waals surface area (Å²) in [5, 5.41) is 12.0. The number of nitrogens with zero attached hydrogens (tertiary/aromatic N) is 1. The number of nitrogens with one attached hydrogen (secondary N) is 1. The van der Waals surface area contributed by atoms with Crippen molar-refractivity contribution in [1.29, 1.82) is 5.26 Å². The van der Waals surface area contributed by atoms with Gasteiger partial charge in [-0.15, -0.1) is 0 Å². The highest BCUT2D eigenvalue weighted by atomic mass is 16.2. The van der Waals surface area contributed by atoms with Crippen LogP contribution in [0.3, 0.4) is 0 Å². The van der Waals surface area contributed by atoms with Gasteiger partial charge in [-0.1, -0.05) is 37.3 Å². The first kappa shape index (κ1) is 12.6. The Morgan fingerprint density at radius 2 is 2.11 bits per heavy atom. The fourth-order valence-corrected chi connectivity index (χ4v) is 2.21. The van der Waals surface area contributed by atoms with E-state index in [-0.39, 0.29) is 11.8 Å². The molecule has 1 atom stereocenters. The van der Waals surface area contributed by atoms with Gasteiger partial charge >= 0.3 is 0 Å². The van der Waals surface area contributed by atoms with Crippen molar-refractivity contribution in [3.8, 4) is 6.07 Å². The van der Waals surface area contributed by atoms with Crippen molar-refractivity contribution in [3.63, 3.8) is 0 Å². The molecule has 0 spiro atoms. The zero-order chi connectivity index (χ0) is 13.0. The molecule has 1 aliphatic carbocycles. The molecule has 1 saturated carbocycles. The lowest BCUT2D eigenvalue weighted by Crippen LogP contribution is -2.53. The van der Waals surface area contributed by atoms with Crippen LogP contribution in [0.5, 0.6) is 0 Å². The Morgan fingerprint density at radius 3 is 2.61 bits per heavy atom. The highest BCUT2D eigenvalue weighted by Crippen LogP contribution is 2.31. The summed E-state index contributed by atoms with van der Waals surface area (Å²) in [6.07, 6.45) is 3.32. The number of carbonyl (C=O) groups excluding carboxylic acids is 1. The predicted molar refractivity (Wildman–Crippen MR) is 69.6 cm³/mol. The summed E-state index contributed by atoms with van der Waals surface area (Å²) in [6.45, 7) is 1.91. The van der Waals surface area contributed by atoms with Gasteiger partial charge in [0.15, 0.2) is 0 Å². The Balaban J connectivity index is 1.91. The molecule has 1 aliphatic rings. The lowest BCUT2D eigenvalue weighted by atomic mass is 9.77. The number of carbonyl (C=O) groups is 1. The van der Waals surface area contributed by atoms with Crippen molar-refractivity contribution in [2.75, 3.05) is 0 Å². The first-order valence-corrected chi connectivity index (χ1v) is 6.42. The smallest absolute Gasteiger partial charge is 0.224 e. The molecule has 3 nitrogen and oxygen atoms in total. The lowest BCUT2D eigenvalue weighted by Gasteiger charge is -2.36. The van der Waals surface area contributed by atoms with E-state index in [4.69, 9.17) is 5.26 Å². The Morgan fingerprint density at radius 1 is 1.44 bits per heavy atom. The summed E-state index contributed by atoms with van der Waals surface area (Å²) >= 11 is 0. The Hall–Kier alpha value is -1.82. The van der Waals surface area contributed by atoms with Gasteiger partial charge in [0.05, 0.1) is 6.07 Å². The van der Waals surface area contributed by atoms with Gasteiger partial charge in [0, 0.05) is 5.92 Å². The molecule has 94 valence electrons. The second-order valence-electron chi connectivity index (χ2n) is 5.13. The van der Waals surface area contributed by atoms with Gasteiger partial charge in [0.2, 0.25) is 5.91 Å². The quantitative estimate of drug-likeness (QED) is 0.881. The molecule has 1 aromatic rings. The fraction of sp³-hybridized carbons (Fsp3) is 0.467. The average Bonchev–Trinajstić information content (AvgIpc) is 2.34. The minimum Gasteiger partial charge on any atom is -0.338 e. The van der Waals surface area contributed by atoms with Gasteiger partial charge in [0.1, 0.15) is 5.54 Å². The Kier molecular flexibility index (Phi) is 3.66. The summed E-state index contributed by atoms with van der Waals surface area (Å²) in [5.41, 5.74) is 0.571. The van der Waals surface area contributed by atoms with Crippen molar-refractivity contribution in [2.24, 2.45) is 5.92 Å². The fourth-order valence-electron chi connectivity index (χ4n) is 2.21. The van der Waals surface area contributed by atoms with Crippen LogP contribution in [-0.4, -0.2) is 11.4 Å². The summed E-state index contributed by atoms with van der Waals surface area (Å²) < 4.78 is 0. The van der Waals surface area contributed by atoms with E-state index in [1.54, 1.807) is 0 Å². The molecule has 1 N–H and O–H groups in total. The standard InChI is InChI=1S/C15H18N2O/c1-12(10-13-6-3-2-4-7-13)14(18)17-15(11-16)8-5-9-15/h2-4,6-7,12H,5,8-10H2,1H3,(H,17,18)/t12-/m1/s1. The maximum absolute atomic E-state index is 12.1. The normalized spacial score (nSPS) is 18.2. The van der Waals surface area contributed by atoms with Crippen LogP contribution in [0, 0.1) is 17.2 Å². The first-order chi connectivity index (χ1) is 8.65. The van der Waals surface area contributed by atoms with E-state index in [9.17, 15) is 4.79 Å². The maximum atomic E-state index is 12.1. The van der Waals surface area contributed by atoms with E-state index in [2.05, 4.69) is 11.4 Å². The predicted octanol–water partition coefficient (Wildman–Crippen LogP) is 2.43. The molecule has 0 aromatic heterocycles. The number of benzene rings is 1. The van der Waals surface area contributed by atoms with E-state index in [1.807, 2.05) is 37.3 Å². The SMILES string of the molecule is C[C@H](Cc1ccccc1)C(=O)NC1(C#N)CCC1. The van der Waals surface area contributed by atoms with Crippen LogP contribution >= 0.6 is 0 Å². The van der Waals surface area contributed by atoms with Gasteiger partial charge in [-0.3, -0.25) is 4.79 Å². The zero-order valence-electron chi connectivity index (χ0n) is 10.6. The van der Waals surface area contributed by atoms with Crippen LogP contribution in [0.25, 0.3) is 0 Å². The maximum Gasteiger partial charge on any atom is 0.224 e. The van der Waals surface area contributed by atoms with Crippen LogP contribution < -0.4 is 5.32 Å². The van der Waals surface area contributed by atoms with E-state index in [0.717, 1.165) is 24.8 Å². The Bertz CT molecular complexity index is 457. The van der Waals surface area contributed by atoms with Crippen LogP contribution in [0.2, 0.25) is 0 Å². The number of hydrogen-bond donors (Lipinski definition) is 1. The second kappa shape index (κ2) is 5.22. The molecular formula is C15H18N2O. The van der Waals surface area contributed by atoms with E-state index in [1.165, 1.54) is 0 Å². The van der Waals surface area contributed by atoms with Gasteiger partial charge < -0.3 is 5.32 Å². The van der Waals surface area contributed by atoms with Crippen LogP contribution in [-0.2, 0) is 11.2 Å². The van der Waals surface area contributed by atoms with E-state index < -0.39 is 5.54 Å².